The van der Waals surface area contributed by atoms with Crippen molar-refractivity contribution in [2.75, 3.05) is 6.61 Å². The maximum atomic E-state index is 10.6. The van der Waals surface area contributed by atoms with Gasteiger partial charge in [0.25, 0.3) is 0 Å². The highest BCUT2D eigenvalue weighted by Crippen LogP contribution is 2.32. The Morgan fingerprint density at radius 3 is 2.57 bits per heavy atom. The smallest absolute Gasteiger partial charge is 0.302 e. The molecule has 0 aromatic rings. The Kier molecular flexibility index (Phi) is 3.06. The van der Waals surface area contributed by atoms with Gasteiger partial charge in [-0.3, -0.25) is 4.79 Å². The highest BCUT2D eigenvalue weighted by Gasteiger charge is 2.32. The fourth-order valence-corrected chi connectivity index (χ4v) is 2.78. The molecule has 3 heteroatoms. The summed E-state index contributed by atoms with van der Waals surface area (Å²) < 4.78 is 4.98. The van der Waals surface area contributed by atoms with Gasteiger partial charge in [0.05, 0.1) is 6.61 Å². The van der Waals surface area contributed by atoms with Crippen LogP contribution in [-0.4, -0.2) is 24.7 Å². The van der Waals surface area contributed by atoms with Gasteiger partial charge in [0, 0.05) is 19.0 Å². The van der Waals surface area contributed by atoms with Crippen LogP contribution < -0.4 is 5.32 Å². The van der Waals surface area contributed by atoms with E-state index in [9.17, 15) is 4.79 Å². The fraction of sp³-hybridized carbons (Fsp3) is 0.909. The second-order valence-electron chi connectivity index (χ2n) is 4.60. The highest BCUT2D eigenvalue weighted by atomic mass is 16.5. The minimum Gasteiger partial charge on any atom is -0.466 e. The van der Waals surface area contributed by atoms with Crippen molar-refractivity contribution in [2.45, 2.75) is 51.1 Å². The van der Waals surface area contributed by atoms with Gasteiger partial charge in [-0.05, 0) is 38.0 Å². The zero-order valence-electron chi connectivity index (χ0n) is 8.79. The van der Waals surface area contributed by atoms with Crippen LogP contribution in [-0.2, 0) is 9.53 Å². The molecule has 80 valence electrons. The lowest BCUT2D eigenvalue weighted by molar-refractivity contribution is -0.141. The predicted molar refractivity (Wildman–Crippen MR) is 53.9 cm³/mol. The third-order valence-electron chi connectivity index (χ3n) is 3.40. The van der Waals surface area contributed by atoms with Gasteiger partial charge in [-0.2, -0.15) is 0 Å². The second kappa shape index (κ2) is 4.30. The molecule has 0 amide bonds. The first-order valence-corrected chi connectivity index (χ1v) is 5.63. The van der Waals surface area contributed by atoms with Gasteiger partial charge in [0.1, 0.15) is 0 Å². The molecule has 0 spiro atoms. The number of ether oxygens (including phenoxy) is 1. The number of hydrogen-bond donors (Lipinski definition) is 1. The number of hydrogen-bond acceptors (Lipinski definition) is 3. The van der Waals surface area contributed by atoms with E-state index in [1.54, 1.807) is 0 Å². The molecule has 2 saturated heterocycles. The molecule has 1 N–H and O–H groups in total. The lowest BCUT2D eigenvalue weighted by Gasteiger charge is -2.28. The van der Waals surface area contributed by atoms with Gasteiger partial charge in [-0.25, -0.2) is 0 Å². The maximum Gasteiger partial charge on any atom is 0.302 e. The van der Waals surface area contributed by atoms with Crippen molar-refractivity contribution in [3.63, 3.8) is 0 Å². The Balaban J connectivity index is 1.69. The summed E-state index contributed by atoms with van der Waals surface area (Å²) in [5, 5.41) is 3.61. The summed E-state index contributed by atoms with van der Waals surface area (Å²) >= 11 is 0. The molecular formula is C11H19NO2. The first-order chi connectivity index (χ1) is 6.74. The van der Waals surface area contributed by atoms with E-state index >= 15 is 0 Å². The number of fused-ring (bicyclic) bond motifs is 2. The van der Waals surface area contributed by atoms with Crippen molar-refractivity contribution in [1.82, 2.24) is 5.32 Å². The molecule has 2 rings (SSSR count). The van der Waals surface area contributed by atoms with E-state index < -0.39 is 0 Å². The highest BCUT2D eigenvalue weighted by molar-refractivity contribution is 5.65. The Morgan fingerprint density at radius 2 is 2.00 bits per heavy atom. The predicted octanol–water partition coefficient (Wildman–Crippen LogP) is 1.47. The number of piperidine rings is 1. The van der Waals surface area contributed by atoms with Crippen LogP contribution in [0.15, 0.2) is 0 Å². The van der Waals surface area contributed by atoms with E-state index in [0.717, 1.165) is 24.4 Å². The number of carbonyl (C=O) groups excluding carboxylic acids is 1. The van der Waals surface area contributed by atoms with E-state index in [-0.39, 0.29) is 5.97 Å². The lowest BCUT2D eigenvalue weighted by atomic mass is 9.90. The molecule has 0 aromatic carbocycles. The molecule has 2 heterocycles. The standard InChI is InChI=1S/C11H19NO2/c1-8(13)14-5-4-9-6-10-2-3-11(7-9)12-10/h9-12H,2-7H2,1H3. The molecule has 2 aliphatic heterocycles. The van der Waals surface area contributed by atoms with Gasteiger partial charge >= 0.3 is 5.97 Å². The average Bonchev–Trinajstić information content (AvgIpc) is 2.45. The largest absolute Gasteiger partial charge is 0.466 e. The van der Waals surface area contributed by atoms with Crippen molar-refractivity contribution in [3.8, 4) is 0 Å². The molecule has 0 aliphatic carbocycles. The quantitative estimate of drug-likeness (QED) is 0.696. The Bertz CT molecular complexity index is 205. The molecule has 2 unspecified atom stereocenters. The van der Waals surface area contributed by atoms with Crippen molar-refractivity contribution in [1.29, 1.82) is 0 Å². The van der Waals surface area contributed by atoms with Crippen molar-refractivity contribution in [3.05, 3.63) is 0 Å². The topological polar surface area (TPSA) is 38.3 Å². The summed E-state index contributed by atoms with van der Waals surface area (Å²) in [4.78, 5) is 10.6. The first kappa shape index (κ1) is 9.97. The molecule has 2 aliphatic rings. The first-order valence-electron chi connectivity index (χ1n) is 5.63. The molecule has 0 saturated carbocycles. The van der Waals surface area contributed by atoms with Crippen molar-refractivity contribution in [2.24, 2.45) is 5.92 Å². The third kappa shape index (κ3) is 2.47. The van der Waals surface area contributed by atoms with E-state index in [4.69, 9.17) is 4.74 Å². The Hall–Kier alpha value is -0.570. The molecule has 2 bridgehead atoms. The monoisotopic (exact) mass is 197 g/mol. The van der Waals surface area contributed by atoms with Crippen LogP contribution in [0.25, 0.3) is 0 Å². The SMILES string of the molecule is CC(=O)OCCC1CC2CCC(C1)N2. The average molecular weight is 197 g/mol. The zero-order valence-corrected chi connectivity index (χ0v) is 8.79. The van der Waals surface area contributed by atoms with Crippen LogP contribution in [0.5, 0.6) is 0 Å². The molecule has 0 aromatic heterocycles. The summed E-state index contributed by atoms with van der Waals surface area (Å²) in [7, 11) is 0. The van der Waals surface area contributed by atoms with Crippen LogP contribution >= 0.6 is 0 Å². The zero-order chi connectivity index (χ0) is 9.97. The van der Waals surface area contributed by atoms with Gasteiger partial charge in [0.2, 0.25) is 0 Å². The van der Waals surface area contributed by atoms with Crippen LogP contribution in [0.2, 0.25) is 0 Å². The normalized spacial score (nSPS) is 35.6. The molecular weight excluding hydrogens is 178 g/mol. The molecule has 14 heavy (non-hydrogen) atoms. The fourth-order valence-electron chi connectivity index (χ4n) is 2.78. The second-order valence-corrected chi connectivity index (χ2v) is 4.60. The summed E-state index contributed by atoms with van der Waals surface area (Å²) in [6.07, 6.45) is 6.28. The number of carbonyl (C=O) groups is 1. The maximum absolute atomic E-state index is 10.6. The van der Waals surface area contributed by atoms with Crippen LogP contribution in [0.1, 0.15) is 39.0 Å². The minimum absolute atomic E-state index is 0.151. The van der Waals surface area contributed by atoms with Crippen LogP contribution in [0, 0.1) is 5.92 Å². The van der Waals surface area contributed by atoms with E-state index in [1.165, 1.54) is 32.6 Å². The molecule has 3 nitrogen and oxygen atoms in total. The lowest BCUT2D eigenvalue weighted by Crippen LogP contribution is -2.38. The van der Waals surface area contributed by atoms with E-state index in [1.807, 2.05) is 0 Å². The van der Waals surface area contributed by atoms with Gasteiger partial charge < -0.3 is 10.1 Å². The van der Waals surface area contributed by atoms with Crippen molar-refractivity contribution < 1.29 is 9.53 Å². The van der Waals surface area contributed by atoms with E-state index in [2.05, 4.69) is 5.32 Å². The van der Waals surface area contributed by atoms with Gasteiger partial charge in [-0.1, -0.05) is 0 Å². The van der Waals surface area contributed by atoms with Crippen molar-refractivity contribution >= 4 is 5.97 Å². The van der Waals surface area contributed by atoms with Crippen LogP contribution in [0.3, 0.4) is 0 Å². The molecule has 2 atom stereocenters. The van der Waals surface area contributed by atoms with Gasteiger partial charge in [-0.15, -0.1) is 0 Å². The number of esters is 1. The molecule has 2 fully saturated rings. The Morgan fingerprint density at radius 1 is 1.36 bits per heavy atom. The summed E-state index contributed by atoms with van der Waals surface area (Å²) in [6, 6.07) is 1.49. The Labute approximate surface area is 85.2 Å². The third-order valence-corrected chi connectivity index (χ3v) is 3.40. The molecule has 0 radical (unpaired) electrons. The number of rotatable bonds is 3. The minimum atomic E-state index is -0.151. The summed E-state index contributed by atoms with van der Waals surface area (Å²) in [5.41, 5.74) is 0. The van der Waals surface area contributed by atoms with E-state index in [0.29, 0.717) is 6.61 Å². The van der Waals surface area contributed by atoms with Gasteiger partial charge in [0.15, 0.2) is 0 Å². The summed E-state index contributed by atoms with van der Waals surface area (Å²) in [6.45, 7) is 2.09. The van der Waals surface area contributed by atoms with Crippen LogP contribution in [0.4, 0.5) is 0 Å². The summed E-state index contributed by atoms with van der Waals surface area (Å²) in [5.74, 6) is 0.620. The number of nitrogens with one attached hydrogen (secondary N) is 1.